The number of aryl methyl sites for hydroxylation is 1. The van der Waals surface area contributed by atoms with Gasteiger partial charge in [0.05, 0.1) is 6.20 Å². The summed E-state index contributed by atoms with van der Waals surface area (Å²) in [5.41, 5.74) is 5.60. The summed E-state index contributed by atoms with van der Waals surface area (Å²) < 4.78 is 1.80. The van der Waals surface area contributed by atoms with Crippen molar-refractivity contribution in [2.24, 2.45) is 12.8 Å². The highest BCUT2D eigenvalue weighted by Gasteiger charge is 1.98. The zero-order valence-corrected chi connectivity index (χ0v) is 7.64. The molecule has 0 radical (unpaired) electrons. The topological polar surface area (TPSA) is 43.8 Å². The van der Waals surface area contributed by atoms with Crippen molar-refractivity contribution in [3.63, 3.8) is 0 Å². The molecule has 0 fully saturated rings. The lowest BCUT2D eigenvalue weighted by Crippen LogP contribution is -2.17. The lowest BCUT2D eigenvalue weighted by molar-refractivity contribution is 0.766. The van der Waals surface area contributed by atoms with Crippen LogP contribution in [0.3, 0.4) is 0 Å². The first kappa shape index (κ1) is 8.62. The van der Waals surface area contributed by atoms with Gasteiger partial charge in [0.1, 0.15) is 0 Å². The molecule has 0 spiro atoms. The summed E-state index contributed by atoms with van der Waals surface area (Å²) in [4.78, 5) is 1.19. The molecule has 0 aromatic carbocycles. The number of hydrogen-bond donors (Lipinski definition) is 1. The van der Waals surface area contributed by atoms with E-state index in [4.69, 9.17) is 5.73 Å². The maximum Gasteiger partial charge on any atom is 0.0625 e. The van der Waals surface area contributed by atoms with E-state index in [2.05, 4.69) is 5.10 Å². The molecular formula is C7H13N3S. The normalized spacial score (nSPS) is 13.4. The van der Waals surface area contributed by atoms with Gasteiger partial charge < -0.3 is 5.73 Å². The fourth-order valence-electron chi connectivity index (χ4n) is 0.701. The van der Waals surface area contributed by atoms with E-state index in [0.29, 0.717) is 0 Å². The Balaban J connectivity index is 2.39. The molecular weight excluding hydrogens is 158 g/mol. The van der Waals surface area contributed by atoms with Crippen molar-refractivity contribution in [2.75, 3.05) is 5.75 Å². The number of nitrogens with two attached hydrogens (primary N) is 1. The summed E-state index contributed by atoms with van der Waals surface area (Å²) >= 11 is 1.74. The van der Waals surface area contributed by atoms with Gasteiger partial charge in [0.25, 0.3) is 0 Å². The van der Waals surface area contributed by atoms with Crippen LogP contribution < -0.4 is 5.73 Å². The molecule has 3 nitrogen and oxygen atoms in total. The van der Waals surface area contributed by atoms with E-state index in [1.165, 1.54) is 4.90 Å². The van der Waals surface area contributed by atoms with Gasteiger partial charge in [0.2, 0.25) is 0 Å². The van der Waals surface area contributed by atoms with Crippen molar-refractivity contribution in [3.05, 3.63) is 12.4 Å². The molecule has 1 rings (SSSR count). The Labute approximate surface area is 71.0 Å². The molecule has 2 N–H and O–H groups in total. The van der Waals surface area contributed by atoms with Crippen molar-refractivity contribution in [3.8, 4) is 0 Å². The van der Waals surface area contributed by atoms with Crippen LogP contribution >= 0.6 is 11.8 Å². The van der Waals surface area contributed by atoms with E-state index in [1.54, 1.807) is 16.4 Å². The molecule has 0 bridgehead atoms. The molecule has 1 aromatic heterocycles. The Bertz CT molecular complexity index is 219. The third-order valence-corrected chi connectivity index (χ3v) is 2.43. The predicted octanol–water partition coefficient (Wildman–Crippen LogP) is 0.859. The van der Waals surface area contributed by atoms with Crippen molar-refractivity contribution in [2.45, 2.75) is 17.9 Å². The number of thioether (sulfide) groups is 1. The van der Waals surface area contributed by atoms with E-state index in [-0.39, 0.29) is 6.04 Å². The molecule has 0 aliphatic carbocycles. The van der Waals surface area contributed by atoms with Crippen molar-refractivity contribution >= 4 is 11.8 Å². The maximum atomic E-state index is 5.60. The number of hydrogen-bond acceptors (Lipinski definition) is 3. The molecule has 1 aromatic rings. The zero-order valence-electron chi connectivity index (χ0n) is 6.82. The Morgan fingerprint density at radius 3 is 3.00 bits per heavy atom. The third kappa shape index (κ3) is 2.95. The zero-order chi connectivity index (χ0) is 8.27. The van der Waals surface area contributed by atoms with Gasteiger partial charge in [-0.3, -0.25) is 4.68 Å². The largest absolute Gasteiger partial charge is 0.327 e. The van der Waals surface area contributed by atoms with E-state index in [9.17, 15) is 0 Å². The molecule has 1 heterocycles. The monoisotopic (exact) mass is 171 g/mol. The molecule has 0 saturated carbocycles. The highest BCUT2D eigenvalue weighted by atomic mass is 32.2. The lowest BCUT2D eigenvalue weighted by Gasteiger charge is -2.00. The summed E-state index contributed by atoms with van der Waals surface area (Å²) in [7, 11) is 1.91. The first-order valence-electron chi connectivity index (χ1n) is 3.55. The first-order valence-corrected chi connectivity index (χ1v) is 4.54. The van der Waals surface area contributed by atoms with Crippen molar-refractivity contribution < 1.29 is 0 Å². The summed E-state index contributed by atoms with van der Waals surface area (Å²) in [6.07, 6.45) is 3.85. The van der Waals surface area contributed by atoms with Gasteiger partial charge in [-0.1, -0.05) is 0 Å². The van der Waals surface area contributed by atoms with Crippen LogP contribution in [-0.2, 0) is 7.05 Å². The predicted molar refractivity (Wildman–Crippen MR) is 47.6 cm³/mol. The smallest absolute Gasteiger partial charge is 0.0625 e. The average Bonchev–Trinajstić information content (AvgIpc) is 2.31. The summed E-state index contributed by atoms with van der Waals surface area (Å²) in [6, 6.07) is 0.250. The Hall–Kier alpha value is -0.480. The summed E-state index contributed by atoms with van der Waals surface area (Å²) in [5.74, 6) is 0.950. The molecule has 62 valence electrons. The molecule has 4 heteroatoms. The molecule has 11 heavy (non-hydrogen) atoms. The highest BCUT2D eigenvalue weighted by Crippen LogP contribution is 2.16. The van der Waals surface area contributed by atoms with Crippen LogP contribution in [0, 0.1) is 0 Å². The van der Waals surface area contributed by atoms with Crippen LogP contribution in [0.25, 0.3) is 0 Å². The van der Waals surface area contributed by atoms with Gasteiger partial charge in [-0.25, -0.2) is 0 Å². The maximum absolute atomic E-state index is 5.60. The summed E-state index contributed by atoms with van der Waals surface area (Å²) in [6.45, 7) is 2.00. The van der Waals surface area contributed by atoms with E-state index in [0.717, 1.165) is 5.75 Å². The summed E-state index contributed by atoms with van der Waals surface area (Å²) in [5, 5.41) is 4.05. The van der Waals surface area contributed by atoms with Gasteiger partial charge in [0.15, 0.2) is 0 Å². The Kier molecular flexibility index (Phi) is 2.96. The van der Waals surface area contributed by atoms with Crippen molar-refractivity contribution in [1.29, 1.82) is 0 Å². The van der Waals surface area contributed by atoms with Gasteiger partial charge in [-0.15, -0.1) is 11.8 Å². The minimum atomic E-state index is 0.250. The van der Waals surface area contributed by atoms with Gasteiger partial charge in [-0.05, 0) is 6.92 Å². The van der Waals surface area contributed by atoms with Crippen LogP contribution in [0.1, 0.15) is 6.92 Å². The minimum Gasteiger partial charge on any atom is -0.327 e. The highest BCUT2D eigenvalue weighted by molar-refractivity contribution is 7.99. The van der Waals surface area contributed by atoms with Crippen LogP contribution in [0.5, 0.6) is 0 Å². The Morgan fingerprint density at radius 1 is 1.82 bits per heavy atom. The van der Waals surface area contributed by atoms with E-state index < -0.39 is 0 Å². The third-order valence-electron chi connectivity index (χ3n) is 1.19. The van der Waals surface area contributed by atoms with Crippen LogP contribution in [0.15, 0.2) is 17.3 Å². The molecule has 1 unspecified atom stereocenters. The van der Waals surface area contributed by atoms with Gasteiger partial charge in [0, 0.05) is 29.9 Å². The van der Waals surface area contributed by atoms with E-state index in [1.807, 2.05) is 26.4 Å². The molecule has 0 amide bonds. The number of rotatable bonds is 3. The van der Waals surface area contributed by atoms with Crippen LogP contribution in [0.4, 0.5) is 0 Å². The second-order valence-corrected chi connectivity index (χ2v) is 3.73. The average molecular weight is 171 g/mol. The second-order valence-electron chi connectivity index (χ2n) is 2.64. The van der Waals surface area contributed by atoms with E-state index >= 15 is 0 Å². The standard InChI is InChI=1S/C7H13N3S/c1-6(8)5-11-7-3-9-10(2)4-7/h3-4,6H,5,8H2,1-2H3. The lowest BCUT2D eigenvalue weighted by atomic mass is 10.4. The minimum absolute atomic E-state index is 0.250. The van der Waals surface area contributed by atoms with Crippen LogP contribution in [0.2, 0.25) is 0 Å². The number of aromatic nitrogens is 2. The fraction of sp³-hybridized carbons (Fsp3) is 0.571. The van der Waals surface area contributed by atoms with Gasteiger partial charge in [-0.2, -0.15) is 5.10 Å². The van der Waals surface area contributed by atoms with Gasteiger partial charge >= 0.3 is 0 Å². The molecule has 1 atom stereocenters. The SMILES string of the molecule is CC(N)CSc1cnn(C)c1. The number of nitrogens with zero attached hydrogens (tertiary/aromatic N) is 2. The van der Waals surface area contributed by atoms with Crippen LogP contribution in [-0.4, -0.2) is 21.6 Å². The first-order chi connectivity index (χ1) is 5.18. The molecule has 0 aliphatic heterocycles. The molecule has 0 aliphatic rings. The van der Waals surface area contributed by atoms with Crippen molar-refractivity contribution in [1.82, 2.24) is 9.78 Å². The quantitative estimate of drug-likeness (QED) is 0.686. The second kappa shape index (κ2) is 3.78. The fourth-order valence-corrected chi connectivity index (χ4v) is 1.51. The Morgan fingerprint density at radius 2 is 2.55 bits per heavy atom. The molecule has 0 saturated heterocycles.